The highest BCUT2D eigenvalue weighted by Gasteiger charge is 2.52. The first-order valence-corrected chi connectivity index (χ1v) is 22.7. The minimum absolute atomic E-state index is 0.0560. The number of hydrogen-bond acceptors (Lipinski definition) is 12. The fraction of sp³-hybridized carbons (Fsp3) is 0.673. The molecule has 2 aromatic carbocycles. The lowest BCUT2D eigenvalue weighted by Gasteiger charge is -2.48. The number of ketones is 1. The zero-order chi connectivity index (χ0) is 45.2. The zero-order valence-corrected chi connectivity index (χ0v) is 38.9. The third-order valence-corrected chi connectivity index (χ3v) is 13.3. The molecular formula is C49H73N3O10. The molecule has 62 heavy (non-hydrogen) atoms. The molecule has 0 unspecified atom stereocenters. The first kappa shape index (κ1) is 49.1. The molecule has 9 atom stereocenters. The summed E-state index contributed by atoms with van der Waals surface area (Å²) in [5.41, 5.74) is -1.21. The highest BCUT2D eigenvalue weighted by molar-refractivity contribution is 6.04. The normalized spacial score (nSPS) is 30.7. The van der Waals surface area contributed by atoms with E-state index in [1.165, 1.54) is 0 Å². The van der Waals surface area contributed by atoms with E-state index in [2.05, 4.69) is 18.7 Å². The van der Waals surface area contributed by atoms with Crippen molar-refractivity contribution in [2.75, 3.05) is 54.0 Å². The van der Waals surface area contributed by atoms with Crippen molar-refractivity contribution in [3.05, 3.63) is 71.8 Å². The van der Waals surface area contributed by atoms with Gasteiger partial charge in [-0.3, -0.25) is 14.5 Å². The summed E-state index contributed by atoms with van der Waals surface area (Å²) in [6.45, 7) is 16.3. The topological polar surface area (TPSA) is 133 Å². The number of likely N-dealkylation sites (tertiary alicyclic amines) is 1. The lowest BCUT2D eigenvalue weighted by molar-refractivity contribution is -0.295. The van der Waals surface area contributed by atoms with Gasteiger partial charge in [-0.2, -0.15) is 0 Å². The molecule has 13 heteroatoms. The lowest BCUT2D eigenvalue weighted by Crippen LogP contribution is -2.60. The number of piperidine rings is 1. The molecule has 344 valence electrons. The third kappa shape index (κ3) is 12.4. The van der Waals surface area contributed by atoms with Crippen LogP contribution in [0.15, 0.2) is 60.7 Å². The smallest absolute Gasteiger partial charge is 0.410 e. The first-order chi connectivity index (χ1) is 29.5. The number of esters is 2. The van der Waals surface area contributed by atoms with E-state index in [0.29, 0.717) is 44.0 Å². The molecule has 3 saturated heterocycles. The number of carbonyl (C=O) groups excluding carboxylic acids is 4. The van der Waals surface area contributed by atoms with Gasteiger partial charge < -0.3 is 38.2 Å². The standard InChI is InChI=1S/C49H73N3O10/c1-11-24-52-30-33(2)29-49(7,57-10)43(62-45-41(40(50(8)9)27-34(3)60-45)61-44(54)38-20-16-13-17-21-38)35(4)42(53)48(5,6)46(55)58-32-39(52)28-36-22-25-51(26-23-36)47(56)59-31-37-18-14-12-15-19-37/h12-21,33-36,39-41,43,45H,11,22-32H2,1-10H3/t33-,34-,35+,39-,40+,41-,43-,45+,49-/m1/s1. The van der Waals surface area contributed by atoms with E-state index in [-0.39, 0.29) is 49.2 Å². The number of hydrogen-bond donors (Lipinski definition) is 0. The summed E-state index contributed by atoms with van der Waals surface area (Å²) in [7, 11) is 5.51. The molecule has 0 radical (unpaired) electrons. The van der Waals surface area contributed by atoms with Gasteiger partial charge in [0.25, 0.3) is 0 Å². The van der Waals surface area contributed by atoms with Gasteiger partial charge in [0, 0.05) is 38.7 Å². The SMILES string of the molecule is CCCN1C[C@H](C)C[C@@](C)(OC)[C@H](O[C@@H]2O[C@H](C)C[C@H](N(C)C)[C@H]2OC(=O)c2ccccc2)[C@@H](C)C(=O)C(C)(C)C(=O)OC[C@H]1CC1CCN(C(=O)OCc2ccccc2)CC1. The average molecular weight is 864 g/mol. The maximum absolute atomic E-state index is 14.8. The molecule has 0 saturated carbocycles. The summed E-state index contributed by atoms with van der Waals surface area (Å²) in [6, 6.07) is 18.1. The van der Waals surface area contributed by atoms with Crippen LogP contribution < -0.4 is 0 Å². The Bertz CT molecular complexity index is 1750. The number of benzene rings is 2. The molecule has 0 aromatic heterocycles. The average Bonchev–Trinajstić information content (AvgIpc) is 3.26. The van der Waals surface area contributed by atoms with Crippen LogP contribution in [0.25, 0.3) is 0 Å². The molecule has 13 nitrogen and oxygen atoms in total. The molecule has 5 rings (SSSR count). The van der Waals surface area contributed by atoms with Crippen LogP contribution in [0, 0.1) is 23.2 Å². The lowest BCUT2D eigenvalue weighted by atomic mass is 9.74. The Morgan fingerprint density at radius 3 is 2.19 bits per heavy atom. The Morgan fingerprint density at radius 2 is 1.58 bits per heavy atom. The second-order valence-corrected chi connectivity index (χ2v) is 18.9. The van der Waals surface area contributed by atoms with E-state index in [1.54, 1.807) is 57.0 Å². The fourth-order valence-corrected chi connectivity index (χ4v) is 9.68. The van der Waals surface area contributed by atoms with Gasteiger partial charge in [-0.25, -0.2) is 9.59 Å². The number of ether oxygens (including phenoxy) is 6. The van der Waals surface area contributed by atoms with Crippen molar-refractivity contribution in [3.8, 4) is 0 Å². The van der Waals surface area contributed by atoms with Crippen LogP contribution >= 0.6 is 0 Å². The summed E-state index contributed by atoms with van der Waals surface area (Å²) in [5.74, 6) is -1.94. The van der Waals surface area contributed by atoms with Crippen molar-refractivity contribution >= 4 is 23.8 Å². The van der Waals surface area contributed by atoms with Crippen molar-refractivity contribution in [2.24, 2.45) is 23.2 Å². The summed E-state index contributed by atoms with van der Waals surface area (Å²) >= 11 is 0. The minimum Gasteiger partial charge on any atom is -0.463 e. The molecule has 0 bridgehead atoms. The number of cyclic esters (lactones) is 1. The number of methoxy groups -OCH3 is 1. The minimum atomic E-state index is -1.52. The third-order valence-electron chi connectivity index (χ3n) is 13.3. The van der Waals surface area contributed by atoms with E-state index < -0.39 is 47.4 Å². The second-order valence-electron chi connectivity index (χ2n) is 18.9. The zero-order valence-electron chi connectivity index (χ0n) is 38.9. The van der Waals surface area contributed by atoms with Gasteiger partial charge in [-0.1, -0.05) is 69.3 Å². The van der Waals surface area contributed by atoms with Gasteiger partial charge in [-0.05, 0) is 116 Å². The van der Waals surface area contributed by atoms with E-state index >= 15 is 0 Å². The largest absolute Gasteiger partial charge is 0.463 e. The Labute approximate surface area is 370 Å². The Hall–Kier alpha value is -3.88. The molecule has 3 aliphatic rings. The van der Waals surface area contributed by atoms with Gasteiger partial charge in [0.05, 0.1) is 29.4 Å². The molecule has 3 fully saturated rings. The fourth-order valence-electron chi connectivity index (χ4n) is 9.68. The van der Waals surface area contributed by atoms with Gasteiger partial charge in [0.15, 0.2) is 18.2 Å². The Kier molecular flexibility index (Phi) is 17.6. The molecule has 2 aromatic rings. The summed E-state index contributed by atoms with van der Waals surface area (Å²) in [4.78, 5) is 61.7. The quantitative estimate of drug-likeness (QED) is 0.120. The summed E-state index contributed by atoms with van der Waals surface area (Å²) in [5, 5.41) is 0. The number of Topliss-reactive ketones (excluding diaryl/α,β-unsaturated/α-hetero) is 1. The number of rotatable bonds is 12. The van der Waals surface area contributed by atoms with Crippen LogP contribution in [-0.2, 0) is 44.6 Å². The molecule has 0 aliphatic carbocycles. The van der Waals surface area contributed by atoms with Crippen LogP contribution in [0.4, 0.5) is 4.79 Å². The molecule has 3 heterocycles. The summed E-state index contributed by atoms with van der Waals surface area (Å²) in [6.07, 6.45) is 1.03. The highest BCUT2D eigenvalue weighted by Crippen LogP contribution is 2.39. The van der Waals surface area contributed by atoms with Crippen molar-refractivity contribution in [1.29, 1.82) is 0 Å². The van der Waals surface area contributed by atoms with Crippen molar-refractivity contribution < 1.29 is 47.6 Å². The summed E-state index contributed by atoms with van der Waals surface area (Å²) < 4.78 is 38.0. The molecule has 1 amide bonds. The second kappa shape index (κ2) is 22.2. The van der Waals surface area contributed by atoms with Crippen LogP contribution in [0.3, 0.4) is 0 Å². The Balaban J connectivity index is 1.38. The Morgan fingerprint density at radius 1 is 0.935 bits per heavy atom. The molecule has 0 spiro atoms. The maximum atomic E-state index is 14.8. The number of nitrogens with zero attached hydrogens (tertiary/aromatic N) is 3. The molecular weight excluding hydrogens is 791 g/mol. The first-order valence-electron chi connectivity index (χ1n) is 22.7. The maximum Gasteiger partial charge on any atom is 0.410 e. The molecule has 0 N–H and O–H groups in total. The van der Waals surface area contributed by atoms with Crippen LogP contribution in [0.5, 0.6) is 0 Å². The van der Waals surface area contributed by atoms with Crippen molar-refractivity contribution in [1.82, 2.24) is 14.7 Å². The predicted octanol–water partition coefficient (Wildman–Crippen LogP) is 7.40. The van der Waals surface area contributed by atoms with E-state index in [0.717, 1.165) is 37.8 Å². The van der Waals surface area contributed by atoms with E-state index in [9.17, 15) is 19.2 Å². The number of likely N-dealkylation sites (N-methyl/N-ethyl adjacent to an activating group) is 1. The van der Waals surface area contributed by atoms with Gasteiger partial charge in [0.1, 0.15) is 18.6 Å². The molecule has 3 aliphatic heterocycles. The van der Waals surface area contributed by atoms with Crippen LogP contribution in [0.2, 0.25) is 0 Å². The van der Waals surface area contributed by atoms with Gasteiger partial charge in [-0.15, -0.1) is 0 Å². The van der Waals surface area contributed by atoms with E-state index in [1.807, 2.05) is 69.2 Å². The number of carbonyl (C=O) groups is 4. The van der Waals surface area contributed by atoms with Crippen molar-refractivity contribution in [3.63, 3.8) is 0 Å². The number of amides is 1. The van der Waals surface area contributed by atoms with Crippen LogP contribution in [0.1, 0.15) is 103 Å². The van der Waals surface area contributed by atoms with Crippen molar-refractivity contribution in [2.45, 2.75) is 136 Å². The highest BCUT2D eigenvalue weighted by atomic mass is 16.7. The van der Waals surface area contributed by atoms with Gasteiger partial charge in [0.2, 0.25) is 0 Å². The monoisotopic (exact) mass is 864 g/mol. The predicted molar refractivity (Wildman–Crippen MR) is 236 cm³/mol. The van der Waals surface area contributed by atoms with E-state index in [4.69, 9.17) is 28.4 Å². The van der Waals surface area contributed by atoms with Crippen LogP contribution in [-0.4, -0.2) is 135 Å². The van der Waals surface area contributed by atoms with Gasteiger partial charge >= 0.3 is 18.0 Å².